The lowest BCUT2D eigenvalue weighted by Crippen LogP contribution is -2.07. The second kappa shape index (κ2) is 5.66. The second-order valence-corrected chi connectivity index (χ2v) is 5.93. The van der Waals surface area contributed by atoms with Crippen LogP contribution in [0.2, 0.25) is 5.02 Å². The predicted octanol–water partition coefficient (Wildman–Crippen LogP) is 5.18. The molecule has 108 valence electrons. The summed E-state index contributed by atoms with van der Waals surface area (Å²) in [6.45, 7) is 2.19. The minimum Gasteiger partial charge on any atom is -0.321 e. The predicted molar refractivity (Wildman–Crippen MR) is 84.5 cm³/mol. The van der Waals surface area contributed by atoms with Crippen molar-refractivity contribution in [2.24, 2.45) is 0 Å². The van der Waals surface area contributed by atoms with E-state index in [0.29, 0.717) is 23.0 Å². The molecule has 2 aromatic carbocycles. The van der Waals surface area contributed by atoms with Gasteiger partial charge in [-0.05, 0) is 25.1 Å². The number of imidazole rings is 1. The lowest BCUT2D eigenvalue weighted by atomic mass is 10.2. The summed E-state index contributed by atoms with van der Waals surface area (Å²) in [6, 6.07) is 12.2. The molecule has 0 fully saturated rings. The molecule has 2 nitrogen and oxygen atoms in total. The number of halogens is 3. The van der Waals surface area contributed by atoms with Crippen LogP contribution >= 0.6 is 23.2 Å². The number of para-hydroxylation sites is 1. The van der Waals surface area contributed by atoms with Gasteiger partial charge in [0.2, 0.25) is 0 Å². The first-order valence-electron chi connectivity index (χ1n) is 6.60. The van der Waals surface area contributed by atoms with Crippen LogP contribution in [0.1, 0.15) is 23.7 Å². The van der Waals surface area contributed by atoms with Gasteiger partial charge in [-0.2, -0.15) is 0 Å². The van der Waals surface area contributed by atoms with Gasteiger partial charge in [-0.25, -0.2) is 9.37 Å². The number of rotatable bonds is 3. The van der Waals surface area contributed by atoms with Gasteiger partial charge in [0.1, 0.15) is 11.6 Å². The van der Waals surface area contributed by atoms with Gasteiger partial charge in [-0.1, -0.05) is 35.9 Å². The molecule has 0 bridgehead atoms. The first kappa shape index (κ1) is 14.4. The Balaban J connectivity index is 2.20. The zero-order valence-electron chi connectivity index (χ0n) is 11.4. The Morgan fingerprint density at radius 2 is 1.95 bits per heavy atom. The molecule has 0 amide bonds. The summed E-state index contributed by atoms with van der Waals surface area (Å²) < 4.78 is 15.8. The highest BCUT2D eigenvalue weighted by molar-refractivity contribution is 6.35. The van der Waals surface area contributed by atoms with E-state index in [1.165, 1.54) is 6.07 Å². The van der Waals surface area contributed by atoms with E-state index >= 15 is 0 Å². The minimum absolute atomic E-state index is 0.250. The number of fused-ring (bicyclic) bond motifs is 1. The van der Waals surface area contributed by atoms with Gasteiger partial charge >= 0.3 is 0 Å². The van der Waals surface area contributed by atoms with Gasteiger partial charge in [0, 0.05) is 5.56 Å². The van der Waals surface area contributed by atoms with Crippen LogP contribution in [0.3, 0.4) is 0 Å². The average molecular weight is 323 g/mol. The molecule has 0 saturated heterocycles. The first-order chi connectivity index (χ1) is 10.1. The molecule has 0 aliphatic heterocycles. The highest BCUT2D eigenvalue weighted by atomic mass is 35.5. The number of hydrogen-bond donors (Lipinski definition) is 0. The molecule has 0 saturated carbocycles. The van der Waals surface area contributed by atoms with Crippen LogP contribution in [-0.4, -0.2) is 9.55 Å². The van der Waals surface area contributed by atoms with Crippen LogP contribution in [0, 0.1) is 5.82 Å². The van der Waals surface area contributed by atoms with E-state index in [-0.39, 0.29) is 11.2 Å². The summed E-state index contributed by atoms with van der Waals surface area (Å²) in [6.07, 6.45) is 0. The fraction of sp³-hybridized carbons (Fsp3) is 0.188. The normalized spacial score (nSPS) is 12.8. The maximum atomic E-state index is 13.9. The molecule has 21 heavy (non-hydrogen) atoms. The molecular weight excluding hydrogens is 310 g/mol. The first-order valence-corrected chi connectivity index (χ1v) is 7.41. The zero-order chi connectivity index (χ0) is 15.0. The van der Waals surface area contributed by atoms with E-state index in [1.807, 2.05) is 29.7 Å². The largest absolute Gasteiger partial charge is 0.321 e. The molecule has 3 rings (SSSR count). The number of aromatic nitrogens is 2. The Labute approximate surface area is 132 Å². The molecular formula is C16H13Cl2FN2. The van der Waals surface area contributed by atoms with Crippen LogP contribution in [-0.2, 0) is 6.54 Å². The standard InChI is InChI=1S/C16H13Cl2FN2/c1-10(17)16-20-14-8-4-6-12(18)15(14)21(16)9-11-5-2-3-7-13(11)19/h2-8,10H,9H2,1H3. The summed E-state index contributed by atoms with van der Waals surface area (Å²) in [4.78, 5) is 4.52. The average Bonchev–Trinajstić information content (AvgIpc) is 2.82. The summed E-state index contributed by atoms with van der Waals surface area (Å²) in [5.41, 5.74) is 2.13. The Morgan fingerprint density at radius 1 is 1.19 bits per heavy atom. The maximum Gasteiger partial charge on any atom is 0.128 e. The van der Waals surface area contributed by atoms with Crippen molar-refractivity contribution < 1.29 is 4.39 Å². The van der Waals surface area contributed by atoms with E-state index in [1.54, 1.807) is 18.2 Å². The van der Waals surface area contributed by atoms with E-state index in [2.05, 4.69) is 4.98 Å². The number of benzene rings is 2. The molecule has 1 atom stereocenters. The van der Waals surface area contributed by atoms with Crippen molar-refractivity contribution in [3.05, 3.63) is 64.7 Å². The molecule has 0 spiro atoms. The third-order valence-electron chi connectivity index (χ3n) is 3.39. The lowest BCUT2D eigenvalue weighted by molar-refractivity contribution is 0.597. The second-order valence-electron chi connectivity index (χ2n) is 4.87. The van der Waals surface area contributed by atoms with Gasteiger partial charge in [0.25, 0.3) is 0 Å². The Bertz CT molecular complexity index is 796. The fourth-order valence-electron chi connectivity index (χ4n) is 2.42. The van der Waals surface area contributed by atoms with Crippen LogP contribution in [0.15, 0.2) is 42.5 Å². The van der Waals surface area contributed by atoms with Gasteiger partial charge in [-0.3, -0.25) is 0 Å². The van der Waals surface area contributed by atoms with Gasteiger partial charge < -0.3 is 4.57 Å². The quantitative estimate of drug-likeness (QED) is 0.608. The lowest BCUT2D eigenvalue weighted by Gasteiger charge is -2.12. The van der Waals surface area contributed by atoms with Crippen LogP contribution in [0.4, 0.5) is 4.39 Å². The topological polar surface area (TPSA) is 17.8 Å². The minimum atomic E-state index is -0.291. The van der Waals surface area contributed by atoms with Crippen molar-refractivity contribution in [3.8, 4) is 0 Å². The van der Waals surface area contributed by atoms with Crippen molar-refractivity contribution in [2.75, 3.05) is 0 Å². The number of alkyl halides is 1. The zero-order valence-corrected chi connectivity index (χ0v) is 12.9. The van der Waals surface area contributed by atoms with E-state index < -0.39 is 0 Å². The van der Waals surface area contributed by atoms with Gasteiger partial charge in [-0.15, -0.1) is 11.6 Å². The van der Waals surface area contributed by atoms with Crippen molar-refractivity contribution in [1.29, 1.82) is 0 Å². The van der Waals surface area contributed by atoms with Crippen molar-refractivity contribution in [1.82, 2.24) is 9.55 Å². The SMILES string of the molecule is CC(Cl)c1nc2cccc(Cl)c2n1Cc1ccccc1F. The monoisotopic (exact) mass is 322 g/mol. The van der Waals surface area contributed by atoms with Gasteiger partial charge in [0.15, 0.2) is 0 Å². The van der Waals surface area contributed by atoms with E-state index in [9.17, 15) is 4.39 Å². The molecule has 1 heterocycles. The summed E-state index contributed by atoms with van der Waals surface area (Å²) in [5.74, 6) is 0.433. The highest BCUT2D eigenvalue weighted by Crippen LogP contribution is 2.30. The summed E-state index contributed by atoms with van der Waals surface area (Å²) in [7, 11) is 0. The van der Waals surface area contributed by atoms with E-state index in [4.69, 9.17) is 23.2 Å². The van der Waals surface area contributed by atoms with Crippen LogP contribution in [0.25, 0.3) is 11.0 Å². The Kier molecular flexibility index (Phi) is 3.87. The molecule has 3 aromatic rings. The maximum absolute atomic E-state index is 13.9. The summed E-state index contributed by atoms with van der Waals surface area (Å²) >= 11 is 12.5. The third-order valence-corrected chi connectivity index (χ3v) is 3.89. The molecule has 5 heteroatoms. The third kappa shape index (κ3) is 2.63. The molecule has 0 N–H and O–H groups in total. The fourth-order valence-corrected chi connectivity index (χ4v) is 2.86. The van der Waals surface area contributed by atoms with Crippen molar-refractivity contribution in [2.45, 2.75) is 18.8 Å². The molecule has 1 aromatic heterocycles. The smallest absolute Gasteiger partial charge is 0.128 e. The van der Waals surface area contributed by atoms with Gasteiger partial charge in [0.05, 0.1) is 28.0 Å². The highest BCUT2D eigenvalue weighted by Gasteiger charge is 2.17. The van der Waals surface area contributed by atoms with E-state index in [0.717, 1.165) is 11.0 Å². The summed E-state index contributed by atoms with van der Waals surface area (Å²) in [5, 5.41) is 0.292. The van der Waals surface area contributed by atoms with Crippen molar-refractivity contribution >= 4 is 34.2 Å². The molecule has 1 unspecified atom stereocenters. The Hall–Kier alpha value is -1.58. The number of nitrogens with zero attached hydrogens (tertiary/aromatic N) is 2. The Morgan fingerprint density at radius 3 is 2.67 bits per heavy atom. The molecule has 0 aliphatic rings. The molecule has 0 aliphatic carbocycles. The number of hydrogen-bond acceptors (Lipinski definition) is 1. The van der Waals surface area contributed by atoms with Crippen LogP contribution < -0.4 is 0 Å². The van der Waals surface area contributed by atoms with Crippen molar-refractivity contribution in [3.63, 3.8) is 0 Å². The molecule has 0 radical (unpaired) electrons. The van der Waals surface area contributed by atoms with Crippen LogP contribution in [0.5, 0.6) is 0 Å².